The van der Waals surface area contributed by atoms with E-state index in [0.717, 1.165) is 5.71 Å². The molecule has 1 heterocycles. The van der Waals surface area contributed by atoms with E-state index in [-0.39, 0.29) is 10.9 Å². The van der Waals surface area contributed by atoms with E-state index < -0.39 is 0 Å². The van der Waals surface area contributed by atoms with Crippen LogP contribution in [0.3, 0.4) is 0 Å². The van der Waals surface area contributed by atoms with E-state index in [9.17, 15) is 0 Å². The monoisotopic (exact) mass is 172 g/mol. The van der Waals surface area contributed by atoms with Crippen molar-refractivity contribution in [2.24, 2.45) is 10.5 Å². The molecule has 1 N–H and O–H groups in total. The molecule has 0 fully saturated rings. The molecule has 0 aromatic rings. The summed E-state index contributed by atoms with van der Waals surface area (Å²) in [5.74, 6) is 0. The molecule has 1 aliphatic heterocycles. The summed E-state index contributed by atoms with van der Waals surface area (Å²) in [5, 5.41) is 4.13. The van der Waals surface area contributed by atoms with E-state index >= 15 is 0 Å². The summed E-state index contributed by atoms with van der Waals surface area (Å²) in [6, 6.07) is 0. The maximum Gasteiger partial charge on any atom is 0.136 e. The normalized spacial score (nSPS) is 24.4. The number of nitrogens with one attached hydrogen (secondary N) is 1. The smallest absolute Gasteiger partial charge is 0.136 e. The van der Waals surface area contributed by atoms with Gasteiger partial charge in [0.25, 0.3) is 0 Å². The number of hydrogen-bond acceptors (Lipinski definition) is 2. The zero-order valence-corrected chi connectivity index (χ0v) is 7.81. The van der Waals surface area contributed by atoms with Crippen molar-refractivity contribution in [1.82, 2.24) is 5.43 Å². The van der Waals surface area contributed by atoms with Gasteiger partial charge in [-0.05, 0) is 12.2 Å². The average molecular weight is 173 g/mol. The molecule has 0 spiro atoms. The fourth-order valence-electron chi connectivity index (χ4n) is 0.805. The standard InChI is InChI=1S/C8H13ClN2/c1-8(2,3)6-4-5-7(9)11-10-6/h4-5,7,11H,1-3H3. The van der Waals surface area contributed by atoms with E-state index in [2.05, 4.69) is 31.3 Å². The lowest BCUT2D eigenvalue weighted by atomic mass is 9.89. The third kappa shape index (κ3) is 2.22. The average Bonchev–Trinajstić information content (AvgIpc) is 1.86. The summed E-state index contributed by atoms with van der Waals surface area (Å²) in [4.78, 5) is 0. The molecule has 0 amide bonds. The van der Waals surface area contributed by atoms with Crippen LogP contribution in [0.4, 0.5) is 0 Å². The van der Waals surface area contributed by atoms with Gasteiger partial charge in [0.15, 0.2) is 0 Å². The fourth-order valence-corrected chi connectivity index (χ4v) is 0.926. The van der Waals surface area contributed by atoms with Crippen LogP contribution in [0, 0.1) is 5.41 Å². The van der Waals surface area contributed by atoms with Crippen molar-refractivity contribution in [3.63, 3.8) is 0 Å². The highest BCUT2D eigenvalue weighted by Gasteiger charge is 2.19. The number of alkyl halides is 1. The van der Waals surface area contributed by atoms with Gasteiger partial charge in [0.1, 0.15) is 5.50 Å². The summed E-state index contributed by atoms with van der Waals surface area (Å²) >= 11 is 5.73. The number of allylic oxidation sites excluding steroid dienone is 1. The summed E-state index contributed by atoms with van der Waals surface area (Å²) in [7, 11) is 0. The summed E-state index contributed by atoms with van der Waals surface area (Å²) in [6.45, 7) is 6.35. The Balaban J connectivity index is 2.71. The Morgan fingerprint density at radius 1 is 1.55 bits per heavy atom. The zero-order valence-electron chi connectivity index (χ0n) is 7.06. The van der Waals surface area contributed by atoms with Crippen molar-refractivity contribution in [2.75, 3.05) is 0 Å². The first-order chi connectivity index (χ1) is 5.00. The quantitative estimate of drug-likeness (QED) is 0.439. The first-order valence-electron chi connectivity index (χ1n) is 3.66. The summed E-state index contributed by atoms with van der Waals surface area (Å²) in [6.07, 6.45) is 3.86. The molecule has 0 bridgehead atoms. The van der Waals surface area contributed by atoms with E-state index in [4.69, 9.17) is 11.6 Å². The van der Waals surface area contributed by atoms with Gasteiger partial charge in [-0.3, -0.25) is 5.43 Å². The molecule has 0 aliphatic carbocycles. The van der Waals surface area contributed by atoms with Crippen LogP contribution in [0.25, 0.3) is 0 Å². The van der Waals surface area contributed by atoms with Crippen molar-refractivity contribution in [3.05, 3.63) is 12.2 Å². The van der Waals surface area contributed by atoms with Gasteiger partial charge < -0.3 is 0 Å². The molecule has 11 heavy (non-hydrogen) atoms. The van der Waals surface area contributed by atoms with Gasteiger partial charge in [0.05, 0.1) is 5.71 Å². The topological polar surface area (TPSA) is 24.4 Å². The minimum absolute atomic E-state index is 0.0977. The third-order valence-electron chi connectivity index (χ3n) is 1.50. The Bertz CT molecular complexity index is 201. The van der Waals surface area contributed by atoms with Crippen LogP contribution in [0.2, 0.25) is 0 Å². The Morgan fingerprint density at radius 2 is 2.18 bits per heavy atom. The Labute approximate surface area is 72.3 Å². The SMILES string of the molecule is CC(C)(C)C1=NNC(Cl)C=C1. The molecule has 1 aliphatic rings. The minimum Gasteiger partial charge on any atom is -0.288 e. The Kier molecular flexibility index (Phi) is 2.23. The van der Waals surface area contributed by atoms with E-state index in [1.165, 1.54) is 0 Å². The van der Waals surface area contributed by atoms with Crippen molar-refractivity contribution in [3.8, 4) is 0 Å². The van der Waals surface area contributed by atoms with Crippen molar-refractivity contribution in [2.45, 2.75) is 26.3 Å². The molecule has 62 valence electrons. The molecule has 3 heteroatoms. The van der Waals surface area contributed by atoms with E-state index in [1.54, 1.807) is 0 Å². The Hall–Kier alpha value is -0.500. The van der Waals surface area contributed by atoms with Gasteiger partial charge in [-0.1, -0.05) is 32.4 Å². The number of nitrogens with zero attached hydrogens (tertiary/aromatic N) is 1. The second-order valence-electron chi connectivity index (χ2n) is 3.64. The molecule has 0 aromatic carbocycles. The third-order valence-corrected chi connectivity index (χ3v) is 1.74. The van der Waals surface area contributed by atoms with Gasteiger partial charge in [-0.2, -0.15) is 5.10 Å². The maximum absolute atomic E-state index is 5.73. The maximum atomic E-state index is 5.73. The van der Waals surface area contributed by atoms with Gasteiger partial charge in [-0.15, -0.1) is 0 Å². The Morgan fingerprint density at radius 3 is 2.55 bits per heavy atom. The molecule has 0 saturated heterocycles. The van der Waals surface area contributed by atoms with Gasteiger partial charge in [-0.25, -0.2) is 0 Å². The van der Waals surface area contributed by atoms with Crippen LogP contribution in [0.15, 0.2) is 17.3 Å². The zero-order chi connectivity index (χ0) is 8.48. The number of halogens is 1. The predicted octanol–water partition coefficient (Wildman–Crippen LogP) is 2.11. The largest absolute Gasteiger partial charge is 0.288 e. The lowest BCUT2D eigenvalue weighted by Gasteiger charge is -2.22. The number of hydrogen-bond donors (Lipinski definition) is 1. The first kappa shape index (κ1) is 8.60. The molecular formula is C8H13ClN2. The van der Waals surface area contributed by atoms with Crippen molar-refractivity contribution < 1.29 is 0 Å². The van der Waals surface area contributed by atoms with Crippen molar-refractivity contribution in [1.29, 1.82) is 0 Å². The molecule has 1 unspecified atom stereocenters. The lowest BCUT2D eigenvalue weighted by molar-refractivity contribution is 0.578. The second kappa shape index (κ2) is 2.86. The molecule has 0 saturated carbocycles. The number of hydrazone groups is 1. The van der Waals surface area contributed by atoms with Crippen LogP contribution in [-0.2, 0) is 0 Å². The molecule has 2 nitrogen and oxygen atoms in total. The van der Waals surface area contributed by atoms with Gasteiger partial charge in [0.2, 0.25) is 0 Å². The van der Waals surface area contributed by atoms with Gasteiger partial charge in [0, 0.05) is 5.41 Å². The highest BCUT2D eigenvalue weighted by atomic mass is 35.5. The van der Waals surface area contributed by atoms with Crippen LogP contribution < -0.4 is 5.43 Å². The van der Waals surface area contributed by atoms with Gasteiger partial charge >= 0.3 is 0 Å². The molecule has 1 rings (SSSR count). The van der Waals surface area contributed by atoms with Crippen LogP contribution in [0.1, 0.15) is 20.8 Å². The number of rotatable bonds is 0. The van der Waals surface area contributed by atoms with Crippen molar-refractivity contribution >= 4 is 17.3 Å². The predicted molar refractivity (Wildman–Crippen MR) is 48.8 cm³/mol. The van der Waals surface area contributed by atoms with E-state index in [1.807, 2.05) is 12.2 Å². The van der Waals surface area contributed by atoms with Crippen LogP contribution >= 0.6 is 11.6 Å². The molecular weight excluding hydrogens is 160 g/mol. The lowest BCUT2D eigenvalue weighted by Crippen LogP contribution is -2.28. The molecule has 0 aromatic heterocycles. The summed E-state index contributed by atoms with van der Waals surface area (Å²) < 4.78 is 0. The fraction of sp³-hybridized carbons (Fsp3) is 0.625. The molecule has 1 atom stereocenters. The minimum atomic E-state index is -0.152. The highest BCUT2D eigenvalue weighted by molar-refractivity contribution is 6.22. The first-order valence-corrected chi connectivity index (χ1v) is 4.10. The van der Waals surface area contributed by atoms with E-state index in [0.29, 0.717) is 0 Å². The van der Waals surface area contributed by atoms with Crippen LogP contribution in [-0.4, -0.2) is 11.2 Å². The highest BCUT2D eigenvalue weighted by Crippen LogP contribution is 2.18. The van der Waals surface area contributed by atoms with Crippen LogP contribution in [0.5, 0.6) is 0 Å². The molecule has 0 radical (unpaired) electrons. The second-order valence-corrected chi connectivity index (χ2v) is 4.11. The summed E-state index contributed by atoms with van der Waals surface area (Å²) in [5.41, 5.74) is 3.79.